The van der Waals surface area contributed by atoms with Gasteiger partial charge in [-0.1, -0.05) is 30.0 Å². The number of fused-ring (bicyclic) bond motifs is 4. The first-order valence-electron chi connectivity index (χ1n) is 9.08. The molecular formula is C18H17N5O2S3. The van der Waals surface area contributed by atoms with E-state index in [1.165, 1.54) is 44.1 Å². The summed E-state index contributed by atoms with van der Waals surface area (Å²) >= 11 is 4.50. The van der Waals surface area contributed by atoms with Crippen LogP contribution in [0.3, 0.4) is 0 Å². The zero-order chi connectivity index (χ0) is 19.4. The van der Waals surface area contributed by atoms with Gasteiger partial charge >= 0.3 is 0 Å². The second kappa shape index (κ2) is 6.78. The van der Waals surface area contributed by atoms with Crippen molar-refractivity contribution in [2.75, 3.05) is 0 Å². The second-order valence-corrected chi connectivity index (χ2v) is 9.78. The summed E-state index contributed by atoms with van der Waals surface area (Å²) in [7, 11) is 1.76. The van der Waals surface area contributed by atoms with Gasteiger partial charge in [0.05, 0.1) is 11.1 Å². The fourth-order valence-corrected chi connectivity index (χ4v) is 6.51. The maximum Gasteiger partial charge on any atom is 0.275 e. The van der Waals surface area contributed by atoms with Gasteiger partial charge in [-0.05, 0) is 31.2 Å². The van der Waals surface area contributed by atoms with Crippen molar-refractivity contribution in [3.63, 3.8) is 0 Å². The molecule has 0 saturated carbocycles. The minimum Gasteiger partial charge on any atom is -0.290 e. The second-order valence-electron chi connectivity index (χ2n) is 6.71. The topological polar surface area (TPSA) is 82.2 Å². The van der Waals surface area contributed by atoms with Gasteiger partial charge in [0, 0.05) is 23.7 Å². The summed E-state index contributed by atoms with van der Waals surface area (Å²) in [5, 5.41) is 6.60. The average Bonchev–Trinajstić information content (AvgIpc) is 3.37. The molecule has 4 aromatic heterocycles. The van der Waals surface area contributed by atoms with Crippen LogP contribution in [0.5, 0.6) is 0 Å². The average molecular weight is 432 g/mol. The van der Waals surface area contributed by atoms with Crippen LogP contribution in [-0.4, -0.2) is 24.1 Å². The van der Waals surface area contributed by atoms with E-state index in [1.807, 2.05) is 6.92 Å². The third-order valence-electron chi connectivity index (χ3n) is 4.90. The van der Waals surface area contributed by atoms with E-state index in [0.717, 1.165) is 40.9 Å². The van der Waals surface area contributed by atoms with E-state index in [2.05, 4.69) is 10.1 Å². The molecule has 28 heavy (non-hydrogen) atoms. The molecule has 0 aromatic carbocycles. The lowest BCUT2D eigenvalue weighted by atomic mass is 10.2. The van der Waals surface area contributed by atoms with Crippen molar-refractivity contribution in [1.29, 1.82) is 0 Å². The molecular weight excluding hydrogens is 414 g/mol. The fourth-order valence-electron chi connectivity index (χ4n) is 3.49. The first-order chi connectivity index (χ1) is 13.5. The number of hydrogen-bond acceptors (Lipinski definition) is 8. The Morgan fingerprint density at radius 1 is 1.21 bits per heavy atom. The van der Waals surface area contributed by atoms with Crippen LogP contribution in [0.1, 0.15) is 34.5 Å². The third kappa shape index (κ3) is 2.82. The molecule has 0 spiro atoms. The molecule has 0 unspecified atom stereocenters. The largest absolute Gasteiger partial charge is 0.290 e. The Labute approximate surface area is 172 Å². The summed E-state index contributed by atoms with van der Waals surface area (Å²) in [5.41, 5.74) is 1.71. The van der Waals surface area contributed by atoms with Gasteiger partial charge in [0.15, 0.2) is 5.16 Å². The van der Waals surface area contributed by atoms with Crippen LogP contribution < -0.4 is 11.1 Å². The van der Waals surface area contributed by atoms with Crippen molar-refractivity contribution in [3.8, 4) is 0 Å². The Kier molecular flexibility index (Phi) is 4.37. The Bertz CT molecular complexity index is 1350. The van der Waals surface area contributed by atoms with Gasteiger partial charge in [-0.2, -0.15) is 9.61 Å². The molecule has 0 amide bonds. The summed E-state index contributed by atoms with van der Waals surface area (Å²) < 4.78 is 2.97. The minimum absolute atomic E-state index is 0.0189. The van der Waals surface area contributed by atoms with Gasteiger partial charge in [-0.3, -0.25) is 14.2 Å². The van der Waals surface area contributed by atoms with E-state index in [4.69, 9.17) is 4.98 Å². The predicted molar refractivity (Wildman–Crippen MR) is 113 cm³/mol. The Morgan fingerprint density at radius 2 is 2.07 bits per heavy atom. The highest BCUT2D eigenvalue weighted by atomic mass is 32.2. The highest BCUT2D eigenvalue weighted by Gasteiger charge is 2.22. The number of rotatable bonds is 4. The fraction of sp³-hybridized carbons (Fsp3) is 0.389. The van der Waals surface area contributed by atoms with Crippen molar-refractivity contribution in [3.05, 3.63) is 47.9 Å². The molecule has 0 atom stereocenters. The summed E-state index contributed by atoms with van der Waals surface area (Å²) in [6.45, 7) is 2.00. The SMILES string of the molecule is CCc1nn2c(=O)cc(CSc3nc4sc5c(c4c(=O)n3C)CCC5)nc2s1. The molecule has 0 aliphatic heterocycles. The lowest BCUT2D eigenvalue weighted by Gasteiger charge is -2.07. The van der Waals surface area contributed by atoms with Gasteiger partial charge < -0.3 is 0 Å². The monoisotopic (exact) mass is 431 g/mol. The molecule has 144 valence electrons. The lowest BCUT2D eigenvalue weighted by Crippen LogP contribution is -2.20. The molecule has 0 N–H and O–H groups in total. The van der Waals surface area contributed by atoms with Crippen LogP contribution in [0.4, 0.5) is 0 Å². The van der Waals surface area contributed by atoms with Crippen molar-refractivity contribution in [1.82, 2.24) is 24.1 Å². The minimum atomic E-state index is -0.177. The molecule has 1 aliphatic carbocycles. The summed E-state index contributed by atoms with van der Waals surface area (Å²) in [4.78, 5) is 37.2. The number of hydrogen-bond donors (Lipinski definition) is 0. The van der Waals surface area contributed by atoms with Crippen molar-refractivity contribution >= 4 is 49.6 Å². The van der Waals surface area contributed by atoms with Gasteiger partial charge in [-0.25, -0.2) is 9.97 Å². The molecule has 1 aliphatic rings. The molecule has 4 aromatic rings. The number of nitrogens with zero attached hydrogens (tertiary/aromatic N) is 5. The zero-order valence-corrected chi connectivity index (χ0v) is 17.8. The first kappa shape index (κ1) is 18.0. The predicted octanol–water partition coefficient (Wildman–Crippen LogP) is 2.80. The Hall–Kier alpha value is -2.04. The summed E-state index contributed by atoms with van der Waals surface area (Å²) in [6, 6.07) is 1.51. The maximum atomic E-state index is 12.9. The smallest absolute Gasteiger partial charge is 0.275 e. The Morgan fingerprint density at radius 3 is 2.89 bits per heavy atom. The van der Waals surface area contributed by atoms with Crippen LogP contribution >= 0.6 is 34.4 Å². The van der Waals surface area contributed by atoms with Crippen molar-refractivity contribution < 1.29 is 0 Å². The van der Waals surface area contributed by atoms with Gasteiger partial charge in [0.25, 0.3) is 11.1 Å². The third-order valence-corrected chi connectivity index (χ3v) is 8.20. The summed E-state index contributed by atoms with van der Waals surface area (Å²) in [6.07, 6.45) is 3.91. The zero-order valence-electron chi connectivity index (χ0n) is 15.4. The summed E-state index contributed by atoms with van der Waals surface area (Å²) in [5.74, 6) is 0.474. The molecule has 7 nitrogen and oxygen atoms in total. The van der Waals surface area contributed by atoms with Crippen molar-refractivity contribution in [2.45, 2.75) is 43.5 Å². The standard InChI is InChI=1S/C18H17N5O2S3/c1-3-12-21-23-13(24)7-9(19-18(23)28-12)8-26-17-20-15-14(16(25)22(17)2)10-5-4-6-11(10)27-15/h7H,3-6,8H2,1-2H3. The maximum absolute atomic E-state index is 12.9. The molecule has 4 heterocycles. The molecule has 0 bridgehead atoms. The van der Waals surface area contributed by atoms with E-state index in [1.54, 1.807) is 23.0 Å². The van der Waals surface area contributed by atoms with Crippen molar-refractivity contribution in [2.24, 2.45) is 7.05 Å². The van der Waals surface area contributed by atoms with E-state index >= 15 is 0 Å². The lowest BCUT2D eigenvalue weighted by molar-refractivity contribution is 0.726. The van der Waals surface area contributed by atoms with E-state index in [-0.39, 0.29) is 11.1 Å². The van der Waals surface area contributed by atoms with Gasteiger partial charge in [0.2, 0.25) is 4.96 Å². The molecule has 0 saturated heterocycles. The molecule has 0 fully saturated rings. The van der Waals surface area contributed by atoms with E-state index in [9.17, 15) is 9.59 Å². The van der Waals surface area contributed by atoms with E-state index in [0.29, 0.717) is 21.6 Å². The molecule has 5 rings (SSSR count). The highest BCUT2D eigenvalue weighted by molar-refractivity contribution is 7.98. The van der Waals surface area contributed by atoms with Gasteiger partial charge in [0.1, 0.15) is 9.84 Å². The number of aryl methyl sites for hydroxylation is 3. The highest BCUT2D eigenvalue weighted by Crippen LogP contribution is 2.35. The molecule has 10 heteroatoms. The van der Waals surface area contributed by atoms with Crippen LogP contribution in [-0.2, 0) is 32.1 Å². The Balaban J connectivity index is 1.49. The van der Waals surface area contributed by atoms with E-state index < -0.39 is 0 Å². The van der Waals surface area contributed by atoms with Gasteiger partial charge in [-0.15, -0.1) is 11.3 Å². The number of aromatic nitrogens is 5. The molecule has 0 radical (unpaired) electrons. The normalized spacial score (nSPS) is 13.6. The van der Waals surface area contributed by atoms with Crippen LogP contribution in [0.25, 0.3) is 15.2 Å². The quantitative estimate of drug-likeness (QED) is 0.365. The number of thiophene rings is 1. The van der Waals surface area contributed by atoms with Crippen LogP contribution in [0.15, 0.2) is 20.8 Å². The number of thioether (sulfide) groups is 1. The van der Waals surface area contributed by atoms with Crippen LogP contribution in [0.2, 0.25) is 0 Å². The first-order valence-corrected chi connectivity index (χ1v) is 11.7. The van der Waals surface area contributed by atoms with Crippen LogP contribution in [0, 0.1) is 0 Å².